The van der Waals surface area contributed by atoms with Gasteiger partial charge < -0.3 is 0 Å². The van der Waals surface area contributed by atoms with Crippen molar-refractivity contribution in [3.05, 3.63) is 0 Å². The van der Waals surface area contributed by atoms with E-state index >= 15 is 0 Å². The van der Waals surface area contributed by atoms with Gasteiger partial charge in [-0.05, 0) is 6.92 Å². The van der Waals surface area contributed by atoms with Crippen molar-refractivity contribution in [3.8, 4) is 0 Å². The molecule has 28 heavy (non-hydrogen) atoms. The Morgan fingerprint density at radius 1 is 0.500 bits per heavy atom. The molecule has 0 aromatic heterocycles. The lowest BCUT2D eigenvalue weighted by atomic mass is 9.88. The van der Waals surface area contributed by atoms with E-state index in [9.17, 15) is 74.6 Å². The molecule has 0 radical (unpaired) electrons. The van der Waals surface area contributed by atoms with Gasteiger partial charge in [0.05, 0.1) is 0 Å². The predicted molar refractivity (Wildman–Crippen MR) is 55.8 cm³/mol. The van der Waals surface area contributed by atoms with Crippen LogP contribution in [0.5, 0.6) is 0 Å². The first kappa shape index (κ1) is 26.8. The number of alkyl halides is 17. The minimum absolute atomic E-state index is 0.00617. The van der Waals surface area contributed by atoms with Crippen molar-refractivity contribution in [2.75, 3.05) is 0 Å². The van der Waals surface area contributed by atoms with Crippen molar-refractivity contribution in [2.24, 2.45) is 0 Å². The maximum Gasteiger partial charge on any atom is 0.384 e. The molecule has 0 nitrogen and oxygen atoms in total. The first-order valence-corrected chi connectivity index (χ1v) is 6.43. The Bertz CT molecular complexity index is 545. The van der Waals surface area contributed by atoms with Gasteiger partial charge in [-0.3, -0.25) is 0 Å². The predicted octanol–water partition coefficient (Wildman–Crippen LogP) is 6.45. The van der Waals surface area contributed by atoms with Crippen molar-refractivity contribution in [1.29, 1.82) is 0 Å². The Hall–Kier alpha value is -1.19. The Labute approximate surface area is 143 Å². The summed E-state index contributed by atoms with van der Waals surface area (Å²) in [4.78, 5) is 0. The van der Waals surface area contributed by atoms with E-state index in [0.717, 1.165) is 0 Å². The molecule has 170 valence electrons. The zero-order chi connectivity index (χ0) is 23.4. The quantitative estimate of drug-likeness (QED) is 0.346. The van der Waals surface area contributed by atoms with E-state index in [1.54, 1.807) is 0 Å². The van der Waals surface area contributed by atoms with Gasteiger partial charge in [0.1, 0.15) is 6.17 Å². The SMILES string of the molecule is CC(F)CC(F)(F)C(F)(F)C(F)(F)C(F)(F)C(F)(F)C(F)(F)C(F)(F)C(F)F. The highest BCUT2D eigenvalue weighted by molar-refractivity contribution is 5.14. The summed E-state index contributed by atoms with van der Waals surface area (Å²) in [6.45, 7) is 0.00617. The Balaban J connectivity index is 6.55. The minimum Gasteiger partial charge on any atom is -0.248 e. The van der Waals surface area contributed by atoms with E-state index < -0.39 is 60.5 Å². The highest BCUT2D eigenvalue weighted by Gasteiger charge is 2.93. The van der Waals surface area contributed by atoms with Gasteiger partial charge in [-0.25, -0.2) is 13.2 Å². The lowest BCUT2D eigenvalue weighted by Gasteiger charge is -2.42. The van der Waals surface area contributed by atoms with Gasteiger partial charge in [-0.15, -0.1) is 0 Å². The molecule has 0 saturated heterocycles. The summed E-state index contributed by atoms with van der Waals surface area (Å²) in [5.41, 5.74) is 0. The smallest absolute Gasteiger partial charge is 0.248 e. The molecule has 0 amide bonds. The van der Waals surface area contributed by atoms with E-state index in [0.29, 0.717) is 0 Å². The average Bonchev–Trinajstić information content (AvgIpc) is 2.44. The maximum atomic E-state index is 13.2. The van der Waals surface area contributed by atoms with Crippen LogP contribution in [0.2, 0.25) is 0 Å². The van der Waals surface area contributed by atoms with Gasteiger partial charge in [0.2, 0.25) is 0 Å². The Morgan fingerprint density at radius 2 is 0.786 bits per heavy atom. The third kappa shape index (κ3) is 3.45. The molecular formula is C11H7F17. The molecule has 0 aliphatic rings. The first-order valence-electron chi connectivity index (χ1n) is 6.43. The van der Waals surface area contributed by atoms with Gasteiger partial charge in [-0.2, -0.15) is 61.5 Å². The number of halogens is 17. The molecule has 0 bridgehead atoms. The third-order valence-electron chi connectivity index (χ3n) is 3.27. The molecular weight excluding hydrogens is 455 g/mol. The fourth-order valence-electron chi connectivity index (χ4n) is 1.65. The van der Waals surface area contributed by atoms with Crippen molar-refractivity contribution in [1.82, 2.24) is 0 Å². The maximum absolute atomic E-state index is 13.2. The molecule has 0 aliphatic heterocycles. The summed E-state index contributed by atoms with van der Waals surface area (Å²) in [7, 11) is 0. The largest absolute Gasteiger partial charge is 0.384 e. The van der Waals surface area contributed by atoms with Crippen LogP contribution in [0.3, 0.4) is 0 Å². The molecule has 1 atom stereocenters. The molecule has 0 aromatic rings. The van der Waals surface area contributed by atoms with Crippen LogP contribution in [-0.4, -0.2) is 54.1 Å². The molecule has 0 saturated carbocycles. The molecule has 1 unspecified atom stereocenters. The lowest BCUT2D eigenvalue weighted by molar-refractivity contribution is -0.447. The van der Waals surface area contributed by atoms with Crippen LogP contribution >= 0.6 is 0 Å². The average molecular weight is 462 g/mol. The summed E-state index contributed by atoms with van der Waals surface area (Å²) in [5, 5.41) is 0. The van der Waals surface area contributed by atoms with Crippen LogP contribution in [0.1, 0.15) is 13.3 Å². The Morgan fingerprint density at radius 3 is 1.07 bits per heavy atom. The fourth-order valence-corrected chi connectivity index (χ4v) is 1.65. The molecule has 17 heteroatoms. The first-order chi connectivity index (χ1) is 11.9. The summed E-state index contributed by atoms with van der Waals surface area (Å²) in [5.74, 6) is -54.9. The number of rotatable bonds is 9. The van der Waals surface area contributed by atoms with Gasteiger partial charge in [0.25, 0.3) is 0 Å². The number of hydrogen-bond acceptors (Lipinski definition) is 0. The second-order valence-corrected chi connectivity index (χ2v) is 5.48. The van der Waals surface area contributed by atoms with Crippen LogP contribution in [0.15, 0.2) is 0 Å². The summed E-state index contributed by atoms with van der Waals surface area (Å²) < 4.78 is 218. The molecule has 0 N–H and O–H groups in total. The molecule has 0 spiro atoms. The summed E-state index contributed by atoms with van der Waals surface area (Å²) in [6.07, 6.45) is -12.0. The lowest BCUT2D eigenvalue weighted by Crippen LogP contribution is -2.73. The van der Waals surface area contributed by atoms with Crippen LogP contribution in [-0.2, 0) is 0 Å². The fraction of sp³-hybridized carbons (Fsp3) is 1.00. The zero-order valence-corrected chi connectivity index (χ0v) is 12.8. The monoisotopic (exact) mass is 462 g/mol. The van der Waals surface area contributed by atoms with Crippen molar-refractivity contribution >= 4 is 0 Å². The van der Waals surface area contributed by atoms with Crippen LogP contribution < -0.4 is 0 Å². The second-order valence-electron chi connectivity index (χ2n) is 5.48. The normalized spacial score (nSPS) is 17.2. The van der Waals surface area contributed by atoms with Crippen LogP contribution in [0.25, 0.3) is 0 Å². The highest BCUT2D eigenvalue weighted by Crippen LogP contribution is 2.63. The van der Waals surface area contributed by atoms with Gasteiger partial charge in [0.15, 0.2) is 0 Å². The van der Waals surface area contributed by atoms with E-state index in [1.807, 2.05) is 0 Å². The number of hydrogen-bond donors (Lipinski definition) is 0. The molecule has 0 aliphatic carbocycles. The summed E-state index contributed by atoms with van der Waals surface area (Å²) >= 11 is 0. The topological polar surface area (TPSA) is 0 Å². The van der Waals surface area contributed by atoms with Crippen LogP contribution in [0, 0.1) is 0 Å². The highest BCUT2D eigenvalue weighted by atomic mass is 19.4. The second kappa shape index (κ2) is 6.95. The van der Waals surface area contributed by atoms with E-state index in [1.165, 1.54) is 0 Å². The van der Waals surface area contributed by atoms with E-state index in [-0.39, 0.29) is 6.92 Å². The van der Waals surface area contributed by atoms with Gasteiger partial charge >= 0.3 is 47.9 Å². The molecule has 0 heterocycles. The zero-order valence-electron chi connectivity index (χ0n) is 12.8. The standard InChI is InChI=1S/C11H7F17/c1-3(12)2-5(15,16)7(19,20)9(23,24)11(27,28)10(25,26)8(21,22)6(17,18)4(13)14/h3-4H,2H2,1H3. The molecule has 0 aromatic carbocycles. The molecule has 0 fully saturated rings. The van der Waals surface area contributed by atoms with Crippen molar-refractivity contribution < 1.29 is 74.6 Å². The van der Waals surface area contributed by atoms with E-state index in [4.69, 9.17) is 0 Å². The minimum atomic E-state index is -8.44. The van der Waals surface area contributed by atoms with Crippen molar-refractivity contribution in [3.63, 3.8) is 0 Å². The Kier molecular flexibility index (Phi) is 6.65. The molecule has 0 rings (SSSR count). The summed E-state index contributed by atoms with van der Waals surface area (Å²) in [6, 6.07) is 0. The van der Waals surface area contributed by atoms with Gasteiger partial charge in [-0.1, -0.05) is 0 Å². The van der Waals surface area contributed by atoms with Gasteiger partial charge in [0, 0.05) is 6.42 Å². The third-order valence-corrected chi connectivity index (χ3v) is 3.27. The van der Waals surface area contributed by atoms with Crippen LogP contribution in [0.4, 0.5) is 74.6 Å². The van der Waals surface area contributed by atoms with E-state index in [2.05, 4.69) is 0 Å². The van der Waals surface area contributed by atoms with Crippen molar-refractivity contribution in [2.45, 2.75) is 67.4 Å².